The molecule has 6 heteroatoms. The lowest BCUT2D eigenvalue weighted by molar-refractivity contribution is 0.0629. The molecule has 2 heterocycles. The van der Waals surface area contributed by atoms with Gasteiger partial charge in [-0.05, 0) is 44.4 Å². The van der Waals surface area contributed by atoms with Crippen molar-refractivity contribution in [2.45, 2.75) is 32.2 Å². The van der Waals surface area contributed by atoms with Crippen molar-refractivity contribution in [3.05, 3.63) is 30.0 Å². The summed E-state index contributed by atoms with van der Waals surface area (Å²) in [5.41, 5.74) is 2.01. The van der Waals surface area contributed by atoms with Gasteiger partial charge in [0.05, 0.1) is 19.9 Å². The summed E-state index contributed by atoms with van der Waals surface area (Å²) >= 11 is 0. The van der Waals surface area contributed by atoms with Crippen LogP contribution in [0.5, 0.6) is 11.5 Å². The standard InChI is InChI=1S/C18H23N3O3/c1-12-6-4-5-9-21(12)18(22)16-11-15(19-20-16)14-8-7-13(23-2)10-17(14)24-3/h7-8,10-12H,4-6,9H2,1-3H3,(H,19,20). The first kappa shape index (κ1) is 16.4. The van der Waals surface area contributed by atoms with Gasteiger partial charge in [-0.15, -0.1) is 0 Å². The Morgan fingerprint density at radius 2 is 2.08 bits per heavy atom. The second-order valence-corrected chi connectivity index (χ2v) is 6.08. The maximum atomic E-state index is 12.7. The monoisotopic (exact) mass is 329 g/mol. The topological polar surface area (TPSA) is 67.5 Å². The number of nitrogens with one attached hydrogen (secondary N) is 1. The molecule has 1 aliphatic heterocycles. The Morgan fingerprint density at radius 1 is 1.25 bits per heavy atom. The third-order valence-electron chi connectivity index (χ3n) is 4.56. The van der Waals surface area contributed by atoms with E-state index in [2.05, 4.69) is 17.1 Å². The number of aromatic amines is 1. The normalized spacial score (nSPS) is 17.6. The first-order valence-corrected chi connectivity index (χ1v) is 8.23. The lowest BCUT2D eigenvalue weighted by Gasteiger charge is -2.32. The number of H-pyrrole nitrogens is 1. The average Bonchev–Trinajstić information content (AvgIpc) is 3.10. The Hall–Kier alpha value is -2.50. The van der Waals surface area contributed by atoms with E-state index in [4.69, 9.17) is 9.47 Å². The Morgan fingerprint density at radius 3 is 2.79 bits per heavy atom. The van der Waals surface area contributed by atoms with Crippen molar-refractivity contribution in [3.63, 3.8) is 0 Å². The minimum absolute atomic E-state index is 0.00780. The molecule has 6 nitrogen and oxygen atoms in total. The van der Waals surface area contributed by atoms with E-state index >= 15 is 0 Å². The number of aromatic nitrogens is 2. The van der Waals surface area contributed by atoms with Crippen LogP contribution in [0.15, 0.2) is 24.3 Å². The van der Waals surface area contributed by atoms with Gasteiger partial charge in [-0.1, -0.05) is 0 Å². The molecule has 1 aliphatic rings. The number of rotatable bonds is 4. The fourth-order valence-corrected chi connectivity index (χ4v) is 3.13. The molecule has 1 aromatic carbocycles. The number of piperidine rings is 1. The van der Waals surface area contributed by atoms with Crippen LogP contribution in [-0.2, 0) is 0 Å². The Balaban J connectivity index is 1.86. The molecule has 1 amide bonds. The minimum atomic E-state index is 0.00780. The first-order chi connectivity index (χ1) is 11.6. The second-order valence-electron chi connectivity index (χ2n) is 6.08. The van der Waals surface area contributed by atoms with Crippen LogP contribution < -0.4 is 9.47 Å². The summed E-state index contributed by atoms with van der Waals surface area (Å²) in [6.07, 6.45) is 3.30. The van der Waals surface area contributed by atoms with Crippen molar-refractivity contribution in [3.8, 4) is 22.8 Å². The zero-order valence-corrected chi connectivity index (χ0v) is 14.3. The zero-order chi connectivity index (χ0) is 17.1. The van der Waals surface area contributed by atoms with Crippen LogP contribution in [0.2, 0.25) is 0 Å². The largest absolute Gasteiger partial charge is 0.497 e. The van der Waals surface area contributed by atoms with Gasteiger partial charge in [-0.25, -0.2) is 0 Å². The van der Waals surface area contributed by atoms with Gasteiger partial charge in [-0.2, -0.15) is 5.10 Å². The molecule has 2 aromatic rings. The third kappa shape index (κ3) is 3.09. The lowest BCUT2D eigenvalue weighted by atomic mass is 10.0. The molecule has 1 N–H and O–H groups in total. The summed E-state index contributed by atoms with van der Waals surface area (Å²) in [6.45, 7) is 2.90. The van der Waals surface area contributed by atoms with Crippen LogP contribution in [0, 0.1) is 0 Å². The molecular formula is C18H23N3O3. The predicted octanol–water partition coefficient (Wildman–Crippen LogP) is 3.11. The Kier molecular flexibility index (Phi) is 4.74. The van der Waals surface area contributed by atoms with Gasteiger partial charge >= 0.3 is 0 Å². The van der Waals surface area contributed by atoms with Gasteiger partial charge in [0.1, 0.15) is 17.2 Å². The molecule has 1 aromatic heterocycles. The number of ether oxygens (including phenoxy) is 2. The van der Waals surface area contributed by atoms with Crippen LogP contribution >= 0.6 is 0 Å². The number of carbonyl (C=O) groups is 1. The first-order valence-electron chi connectivity index (χ1n) is 8.23. The zero-order valence-electron chi connectivity index (χ0n) is 14.3. The van der Waals surface area contributed by atoms with E-state index in [9.17, 15) is 4.79 Å². The second kappa shape index (κ2) is 6.95. The molecule has 1 unspecified atom stereocenters. The van der Waals surface area contributed by atoms with Crippen LogP contribution in [0.4, 0.5) is 0 Å². The van der Waals surface area contributed by atoms with E-state index in [1.165, 1.54) is 6.42 Å². The van der Waals surface area contributed by atoms with E-state index in [1.54, 1.807) is 26.4 Å². The third-order valence-corrected chi connectivity index (χ3v) is 4.56. The van der Waals surface area contributed by atoms with E-state index in [1.807, 2.05) is 17.0 Å². The van der Waals surface area contributed by atoms with Crippen molar-refractivity contribution in [2.75, 3.05) is 20.8 Å². The number of nitrogens with zero attached hydrogens (tertiary/aromatic N) is 2. The molecule has 1 saturated heterocycles. The van der Waals surface area contributed by atoms with Gasteiger partial charge in [0.2, 0.25) is 0 Å². The van der Waals surface area contributed by atoms with Crippen molar-refractivity contribution >= 4 is 5.91 Å². The smallest absolute Gasteiger partial charge is 0.272 e. The van der Waals surface area contributed by atoms with Crippen molar-refractivity contribution < 1.29 is 14.3 Å². The number of carbonyl (C=O) groups excluding carboxylic acids is 1. The van der Waals surface area contributed by atoms with Crippen LogP contribution in [0.1, 0.15) is 36.7 Å². The quantitative estimate of drug-likeness (QED) is 0.936. The van der Waals surface area contributed by atoms with Gasteiger partial charge < -0.3 is 14.4 Å². The lowest BCUT2D eigenvalue weighted by Crippen LogP contribution is -2.42. The highest BCUT2D eigenvalue weighted by Crippen LogP contribution is 2.32. The summed E-state index contributed by atoms with van der Waals surface area (Å²) in [5.74, 6) is 1.38. The van der Waals surface area contributed by atoms with Gasteiger partial charge in [0.15, 0.2) is 0 Å². The molecule has 3 rings (SSSR count). The van der Waals surface area contributed by atoms with E-state index in [0.29, 0.717) is 22.9 Å². The minimum Gasteiger partial charge on any atom is -0.497 e. The molecule has 24 heavy (non-hydrogen) atoms. The number of likely N-dealkylation sites (tertiary alicyclic amines) is 1. The van der Waals surface area contributed by atoms with E-state index in [-0.39, 0.29) is 11.9 Å². The van der Waals surface area contributed by atoms with Crippen LogP contribution in [0.25, 0.3) is 11.3 Å². The molecule has 1 fully saturated rings. The highest BCUT2D eigenvalue weighted by molar-refractivity contribution is 5.93. The molecule has 0 radical (unpaired) electrons. The number of hydrogen-bond acceptors (Lipinski definition) is 4. The maximum absolute atomic E-state index is 12.7. The molecule has 0 spiro atoms. The van der Waals surface area contributed by atoms with Crippen molar-refractivity contribution in [1.29, 1.82) is 0 Å². The number of hydrogen-bond donors (Lipinski definition) is 1. The molecule has 1 atom stereocenters. The van der Waals surface area contributed by atoms with Crippen molar-refractivity contribution in [2.24, 2.45) is 0 Å². The molecule has 0 aliphatic carbocycles. The number of amides is 1. The molecule has 0 bridgehead atoms. The van der Waals surface area contributed by atoms with E-state index in [0.717, 1.165) is 24.9 Å². The Labute approximate surface area is 141 Å². The fraction of sp³-hybridized carbons (Fsp3) is 0.444. The Bertz CT molecular complexity index is 726. The maximum Gasteiger partial charge on any atom is 0.272 e. The predicted molar refractivity (Wildman–Crippen MR) is 91.5 cm³/mol. The van der Waals surface area contributed by atoms with Crippen LogP contribution in [-0.4, -0.2) is 47.8 Å². The summed E-state index contributed by atoms with van der Waals surface area (Å²) in [5, 5.41) is 7.17. The summed E-state index contributed by atoms with van der Waals surface area (Å²) in [7, 11) is 3.21. The SMILES string of the molecule is COc1ccc(-c2cc(C(=O)N3CCCCC3C)[nH]n2)c(OC)c1. The number of benzene rings is 1. The van der Waals surface area contributed by atoms with Gasteiger partial charge in [0.25, 0.3) is 5.91 Å². The number of methoxy groups -OCH3 is 2. The van der Waals surface area contributed by atoms with Gasteiger partial charge in [-0.3, -0.25) is 9.89 Å². The molecule has 0 saturated carbocycles. The summed E-state index contributed by atoms with van der Waals surface area (Å²) in [6, 6.07) is 7.59. The molecular weight excluding hydrogens is 306 g/mol. The summed E-state index contributed by atoms with van der Waals surface area (Å²) < 4.78 is 10.6. The highest BCUT2D eigenvalue weighted by atomic mass is 16.5. The van der Waals surface area contributed by atoms with Crippen LogP contribution in [0.3, 0.4) is 0 Å². The highest BCUT2D eigenvalue weighted by Gasteiger charge is 2.26. The van der Waals surface area contributed by atoms with E-state index < -0.39 is 0 Å². The average molecular weight is 329 g/mol. The molecule has 128 valence electrons. The summed E-state index contributed by atoms with van der Waals surface area (Å²) in [4.78, 5) is 14.6. The van der Waals surface area contributed by atoms with Crippen molar-refractivity contribution in [1.82, 2.24) is 15.1 Å². The fourth-order valence-electron chi connectivity index (χ4n) is 3.13. The van der Waals surface area contributed by atoms with Gasteiger partial charge in [0, 0.05) is 24.2 Å².